The van der Waals surface area contributed by atoms with E-state index >= 15 is 0 Å². The van der Waals surface area contributed by atoms with Crippen molar-refractivity contribution in [1.29, 1.82) is 5.26 Å². The quantitative estimate of drug-likeness (QED) is 0.480. The van der Waals surface area contributed by atoms with Gasteiger partial charge in [0.25, 0.3) is 0 Å². The number of hydrogen-bond acceptors (Lipinski definition) is 1. The van der Waals surface area contributed by atoms with Gasteiger partial charge in [-0.05, 0) is 18.2 Å². The van der Waals surface area contributed by atoms with E-state index in [9.17, 15) is 17.6 Å². The van der Waals surface area contributed by atoms with E-state index in [-0.39, 0.29) is 5.56 Å². The highest BCUT2D eigenvalue weighted by molar-refractivity contribution is 5.40. The second-order valence-electron chi connectivity index (χ2n) is 2.55. The zero-order chi connectivity index (χ0) is 11.5. The molecule has 0 fully saturated rings. The normalized spacial score (nSPS) is 10.1. The highest BCUT2D eigenvalue weighted by Gasteiger charge is 2.33. The number of nitriles is 1. The van der Waals surface area contributed by atoms with Crippen molar-refractivity contribution < 1.29 is 17.6 Å². The van der Waals surface area contributed by atoms with Crippen LogP contribution in [0.1, 0.15) is 11.1 Å². The molecule has 0 aromatic heterocycles. The number of nitrogens with zero attached hydrogens (tertiary/aromatic N) is 1. The predicted octanol–water partition coefficient (Wildman–Crippen LogP) is 2.72. The van der Waals surface area contributed by atoms with Gasteiger partial charge in [-0.1, -0.05) is 5.92 Å². The van der Waals surface area contributed by atoms with Gasteiger partial charge in [0.05, 0.1) is 5.56 Å². The van der Waals surface area contributed by atoms with Crippen molar-refractivity contribution in [3.8, 4) is 17.9 Å². The molecule has 0 heterocycles. The van der Waals surface area contributed by atoms with Gasteiger partial charge < -0.3 is 0 Å². The van der Waals surface area contributed by atoms with E-state index in [0.717, 1.165) is 6.07 Å². The average molecular weight is 213 g/mol. The molecule has 0 spiro atoms. The van der Waals surface area contributed by atoms with Crippen LogP contribution >= 0.6 is 0 Å². The van der Waals surface area contributed by atoms with Crippen molar-refractivity contribution in [3.63, 3.8) is 0 Å². The number of hydrogen-bond donors (Lipinski definition) is 0. The van der Waals surface area contributed by atoms with Crippen LogP contribution in [-0.4, -0.2) is 0 Å². The van der Waals surface area contributed by atoms with E-state index in [0.29, 0.717) is 12.1 Å². The van der Waals surface area contributed by atoms with E-state index in [1.807, 2.05) is 5.92 Å². The second-order valence-corrected chi connectivity index (χ2v) is 2.55. The zero-order valence-corrected chi connectivity index (χ0v) is 7.19. The van der Waals surface area contributed by atoms with Gasteiger partial charge in [-0.15, -0.1) is 0 Å². The molecule has 0 aliphatic rings. The van der Waals surface area contributed by atoms with Crippen LogP contribution in [0.25, 0.3) is 0 Å². The zero-order valence-electron chi connectivity index (χ0n) is 7.19. The van der Waals surface area contributed by atoms with Crippen LogP contribution in [0.2, 0.25) is 0 Å². The lowest BCUT2D eigenvalue weighted by Gasteiger charge is -2.07. The third-order valence-corrected chi connectivity index (χ3v) is 1.54. The molecule has 0 amide bonds. The minimum atomic E-state index is -4.72. The molecule has 0 atom stereocenters. The Kier molecular flexibility index (Phi) is 2.96. The Hall–Kier alpha value is -2.01. The lowest BCUT2D eigenvalue weighted by atomic mass is 10.1. The molecular weight excluding hydrogens is 210 g/mol. The van der Waals surface area contributed by atoms with Gasteiger partial charge in [0.2, 0.25) is 0 Å². The monoisotopic (exact) mass is 213 g/mol. The molecule has 0 unspecified atom stereocenters. The molecule has 0 bridgehead atoms. The van der Waals surface area contributed by atoms with Crippen molar-refractivity contribution in [3.05, 3.63) is 35.1 Å². The number of benzene rings is 1. The number of halogens is 4. The molecule has 0 N–H and O–H groups in total. The fourth-order valence-electron chi connectivity index (χ4n) is 0.923. The fourth-order valence-corrected chi connectivity index (χ4v) is 0.923. The van der Waals surface area contributed by atoms with Crippen LogP contribution in [0.15, 0.2) is 18.2 Å². The summed E-state index contributed by atoms with van der Waals surface area (Å²) in [5, 5.41) is 8.08. The SMILES string of the molecule is N#CC#Cc1ccc(C(F)(F)F)c(F)c1. The van der Waals surface area contributed by atoms with E-state index in [2.05, 4.69) is 5.92 Å². The lowest BCUT2D eigenvalue weighted by Crippen LogP contribution is -2.07. The Morgan fingerprint density at radius 3 is 2.33 bits per heavy atom. The molecule has 1 aromatic rings. The predicted molar refractivity (Wildman–Crippen MR) is 43.9 cm³/mol. The van der Waals surface area contributed by atoms with Crippen molar-refractivity contribution in [1.82, 2.24) is 0 Å². The Labute approximate surface area is 82.9 Å². The first-order chi connectivity index (χ1) is 6.95. The van der Waals surface area contributed by atoms with Crippen LogP contribution in [0.5, 0.6) is 0 Å². The number of alkyl halides is 3. The van der Waals surface area contributed by atoms with Gasteiger partial charge in [0, 0.05) is 11.5 Å². The van der Waals surface area contributed by atoms with Crippen LogP contribution in [0, 0.1) is 29.0 Å². The molecule has 0 aliphatic heterocycles. The molecule has 1 rings (SSSR count). The molecule has 5 heteroatoms. The third-order valence-electron chi connectivity index (χ3n) is 1.54. The topological polar surface area (TPSA) is 23.8 Å². The molecule has 0 radical (unpaired) electrons. The van der Waals surface area contributed by atoms with Crippen LogP contribution in [0.3, 0.4) is 0 Å². The molecule has 1 nitrogen and oxygen atoms in total. The molecule has 0 saturated carbocycles. The van der Waals surface area contributed by atoms with E-state index in [4.69, 9.17) is 5.26 Å². The summed E-state index contributed by atoms with van der Waals surface area (Å²) < 4.78 is 49.2. The molecule has 76 valence electrons. The van der Waals surface area contributed by atoms with E-state index in [1.165, 1.54) is 6.07 Å². The van der Waals surface area contributed by atoms with Crippen molar-refractivity contribution in [2.45, 2.75) is 6.18 Å². The fraction of sp³-hybridized carbons (Fsp3) is 0.100. The summed E-state index contributed by atoms with van der Waals surface area (Å²) in [7, 11) is 0. The van der Waals surface area contributed by atoms with Crippen molar-refractivity contribution in [2.24, 2.45) is 0 Å². The molecular formula is C10H3F4N. The minimum absolute atomic E-state index is 0.0297. The first-order valence-electron chi connectivity index (χ1n) is 3.72. The maximum Gasteiger partial charge on any atom is 0.419 e. The Morgan fingerprint density at radius 2 is 1.87 bits per heavy atom. The molecule has 1 aromatic carbocycles. The molecule has 15 heavy (non-hydrogen) atoms. The number of rotatable bonds is 0. The summed E-state index contributed by atoms with van der Waals surface area (Å²) in [6.45, 7) is 0. The average Bonchev–Trinajstić information content (AvgIpc) is 2.12. The highest BCUT2D eigenvalue weighted by atomic mass is 19.4. The van der Waals surface area contributed by atoms with Gasteiger partial charge in [-0.25, -0.2) is 4.39 Å². The van der Waals surface area contributed by atoms with Gasteiger partial charge in [0.15, 0.2) is 6.07 Å². The lowest BCUT2D eigenvalue weighted by molar-refractivity contribution is -0.140. The Morgan fingerprint density at radius 1 is 1.20 bits per heavy atom. The van der Waals surface area contributed by atoms with Gasteiger partial charge in [-0.3, -0.25) is 0 Å². The summed E-state index contributed by atoms with van der Waals surface area (Å²) in [5.74, 6) is 2.76. The first kappa shape index (κ1) is 11.1. The van der Waals surface area contributed by atoms with Crippen molar-refractivity contribution >= 4 is 0 Å². The standard InChI is InChI=1S/C10H3F4N/c11-9-6-7(2-1-5-15)3-4-8(9)10(12,13)14/h3-4,6H. The Balaban J connectivity index is 3.16. The molecule has 0 saturated heterocycles. The van der Waals surface area contributed by atoms with Crippen LogP contribution < -0.4 is 0 Å². The first-order valence-corrected chi connectivity index (χ1v) is 3.72. The van der Waals surface area contributed by atoms with E-state index in [1.54, 1.807) is 0 Å². The summed E-state index contributed by atoms with van der Waals surface area (Å²) in [4.78, 5) is 0. The maximum absolute atomic E-state index is 12.9. The minimum Gasteiger partial charge on any atom is -0.206 e. The Bertz CT molecular complexity index is 471. The van der Waals surface area contributed by atoms with Crippen LogP contribution in [0.4, 0.5) is 17.6 Å². The van der Waals surface area contributed by atoms with Crippen LogP contribution in [-0.2, 0) is 6.18 Å². The van der Waals surface area contributed by atoms with Gasteiger partial charge in [-0.2, -0.15) is 18.4 Å². The summed E-state index contributed by atoms with van der Waals surface area (Å²) in [5.41, 5.74) is -1.31. The maximum atomic E-state index is 12.9. The summed E-state index contributed by atoms with van der Waals surface area (Å²) in [6, 6.07) is 3.72. The highest BCUT2D eigenvalue weighted by Crippen LogP contribution is 2.31. The largest absolute Gasteiger partial charge is 0.419 e. The van der Waals surface area contributed by atoms with E-state index < -0.39 is 17.6 Å². The summed E-state index contributed by atoms with van der Waals surface area (Å²) >= 11 is 0. The summed E-state index contributed by atoms with van der Waals surface area (Å²) in [6.07, 6.45) is -4.72. The van der Waals surface area contributed by atoms with Crippen molar-refractivity contribution in [2.75, 3.05) is 0 Å². The van der Waals surface area contributed by atoms with Gasteiger partial charge >= 0.3 is 6.18 Å². The molecule has 0 aliphatic carbocycles. The van der Waals surface area contributed by atoms with Gasteiger partial charge in [0.1, 0.15) is 5.82 Å². The third kappa shape index (κ3) is 2.72. The second kappa shape index (κ2) is 4.02. The smallest absolute Gasteiger partial charge is 0.206 e.